The molecule has 0 saturated carbocycles. The van der Waals surface area contributed by atoms with Crippen LogP contribution in [-0.2, 0) is 18.3 Å². The number of fused-ring (bicyclic) bond motifs is 1. The smallest absolute Gasteiger partial charge is 0.317 e. The second kappa shape index (κ2) is 8.07. The fourth-order valence-corrected chi connectivity index (χ4v) is 4.96. The fourth-order valence-electron chi connectivity index (χ4n) is 3.16. The normalized spacial score (nSPS) is 26.9. The summed E-state index contributed by atoms with van der Waals surface area (Å²) < 4.78 is 31.0. The van der Waals surface area contributed by atoms with Gasteiger partial charge in [0.1, 0.15) is 18.3 Å². The van der Waals surface area contributed by atoms with Crippen LogP contribution < -0.4 is 5.56 Å². The molecule has 3 N–H and O–H groups in total. The van der Waals surface area contributed by atoms with E-state index >= 15 is 0 Å². The van der Waals surface area contributed by atoms with E-state index in [1.165, 1.54) is 12.5 Å². The van der Waals surface area contributed by atoms with Crippen LogP contribution in [-0.4, -0.2) is 57.8 Å². The highest BCUT2D eigenvalue weighted by atomic mass is 31.1. The Hall–Kier alpha value is -1.33. The summed E-state index contributed by atoms with van der Waals surface area (Å²) >= 11 is 0. The van der Waals surface area contributed by atoms with Crippen LogP contribution in [0.1, 0.15) is 27.0 Å². The zero-order valence-corrected chi connectivity index (χ0v) is 19.1. The molecule has 1 fully saturated rings. The minimum Gasteiger partial charge on any atom is -0.408 e. The SMILES string of the molecule is CC(C)(C)[Si](C)(C)OC1[C@@H](O[PH](=O)O)[C@H](n2cnc3c(=O)[nH]ccc32)O[C@@H]1CO. The van der Waals surface area contributed by atoms with Gasteiger partial charge in [0.25, 0.3) is 5.56 Å². The van der Waals surface area contributed by atoms with E-state index in [4.69, 9.17) is 13.7 Å². The Morgan fingerprint density at radius 1 is 1.38 bits per heavy atom. The summed E-state index contributed by atoms with van der Waals surface area (Å²) in [4.78, 5) is 28.2. The lowest BCUT2D eigenvalue weighted by atomic mass is 10.1. The van der Waals surface area contributed by atoms with Gasteiger partial charge < -0.3 is 28.7 Å². The number of rotatable bonds is 6. The van der Waals surface area contributed by atoms with Crippen molar-refractivity contribution in [3.05, 3.63) is 28.9 Å². The van der Waals surface area contributed by atoms with Crippen LogP contribution in [0.25, 0.3) is 11.0 Å². The second-order valence-electron chi connectivity index (χ2n) is 8.63. The number of hydrogen-bond donors (Lipinski definition) is 3. The number of aromatic nitrogens is 3. The summed E-state index contributed by atoms with van der Waals surface area (Å²) in [5, 5.41) is 9.77. The predicted octanol–water partition coefficient (Wildman–Crippen LogP) is 1.77. The van der Waals surface area contributed by atoms with Crippen molar-refractivity contribution in [1.82, 2.24) is 14.5 Å². The van der Waals surface area contributed by atoms with Gasteiger partial charge >= 0.3 is 8.25 Å². The molecular weight excluding hydrogens is 417 g/mol. The standard InChI is InChI=1S/C17H28N3O7PSi/c1-17(2,3)29(4,5)27-13-11(8-21)25-16(14(13)26-28(23)24)20-9-19-12-10(20)6-7-18-15(12)22/h6-7,9,11,13-14,16,21,28H,8H2,1-5H3,(H,18,22)(H,23,24)/t11-,13?,14-,16-/m1/s1. The minimum absolute atomic E-state index is 0.130. The molecule has 12 heteroatoms. The molecule has 0 bridgehead atoms. The maximum absolute atomic E-state index is 12.0. The van der Waals surface area contributed by atoms with Gasteiger partial charge in [-0.3, -0.25) is 13.9 Å². The van der Waals surface area contributed by atoms with E-state index in [1.807, 2.05) is 13.1 Å². The molecule has 0 spiro atoms. The Balaban J connectivity index is 2.04. The third kappa shape index (κ3) is 4.27. The van der Waals surface area contributed by atoms with Gasteiger partial charge in [0.15, 0.2) is 20.1 Å². The number of hydrogen-bond acceptors (Lipinski definition) is 7. The largest absolute Gasteiger partial charge is 0.408 e. The van der Waals surface area contributed by atoms with E-state index in [0.717, 1.165) is 0 Å². The third-order valence-corrected chi connectivity index (χ3v) is 10.7. The van der Waals surface area contributed by atoms with Crippen molar-refractivity contribution >= 4 is 27.6 Å². The molecule has 2 unspecified atom stereocenters. The molecule has 0 aromatic carbocycles. The van der Waals surface area contributed by atoms with Crippen molar-refractivity contribution in [1.29, 1.82) is 0 Å². The molecule has 162 valence electrons. The zero-order valence-electron chi connectivity index (χ0n) is 17.1. The monoisotopic (exact) mass is 445 g/mol. The first-order valence-corrected chi connectivity index (χ1v) is 13.5. The molecule has 1 saturated heterocycles. The number of imidazole rings is 1. The topological polar surface area (TPSA) is 136 Å². The van der Waals surface area contributed by atoms with E-state index in [2.05, 4.69) is 30.7 Å². The molecule has 0 radical (unpaired) electrons. The first-order valence-electron chi connectivity index (χ1n) is 9.34. The molecule has 0 aliphatic carbocycles. The lowest BCUT2D eigenvalue weighted by Gasteiger charge is -2.40. The summed E-state index contributed by atoms with van der Waals surface area (Å²) in [6.07, 6.45) is -0.482. The lowest BCUT2D eigenvalue weighted by Crippen LogP contribution is -2.50. The molecule has 2 aromatic heterocycles. The van der Waals surface area contributed by atoms with Crippen molar-refractivity contribution < 1.29 is 28.3 Å². The van der Waals surface area contributed by atoms with Crippen molar-refractivity contribution in [2.24, 2.45) is 0 Å². The third-order valence-electron chi connectivity index (χ3n) is 5.72. The Morgan fingerprint density at radius 3 is 2.66 bits per heavy atom. The average Bonchev–Trinajstić information content (AvgIpc) is 3.16. The van der Waals surface area contributed by atoms with E-state index in [0.29, 0.717) is 5.52 Å². The number of nitrogens with zero attached hydrogens (tertiary/aromatic N) is 2. The zero-order chi connectivity index (χ0) is 21.6. The highest BCUT2D eigenvalue weighted by Gasteiger charge is 2.52. The molecule has 1 aliphatic rings. The molecule has 5 atom stereocenters. The van der Waals surface area contributed by atoms with E-state index in [1.54, 1.807) is 10.6 Å². The first kappa shape index (κ1) is 22.4. The van der Waals surface area contributed by atoms with Gasteiger partial charge in [0.2, 0.25) is 0 Å². The minimum atomic E-state index is -3.33. The van der Waals surface area contributed by atoms with Gasteiger partial charge in [-0.25, -0.2) is 4.98 Å². The quantitative estimate of drug-likeness (QED) is 0.452. The molecule has 10 nitrogen and oxygen atoms in total. The van der Waals surface area contributed by atoms with Gasteiger partial charge in [-0.2, -0.15) is 0 Å². The predicted molar refractivity (Wildman–Crippen MR) is 110 cm³/mol. The van der Waals surface area contributed by atoms with Crippen molar-refractivity contribution in [2.75, 3.05) is 6.61 Å². The summed E-state index contributed by atoms with van der Waals surface area (Å²) in [5.41, 5.74) is 0.329. The number of ether oxygens (including phenoxy) is 1. The Kier molecular flexibility index (Phi) is 6.22. The highest BCUT2D eigenvalue weighted by molar-refractivity contribution is 7.32. The lowest BCUT2D eigenvalue weighted by molar-refractivity contribution is -0.0478. The van der Waals surface area contributed by atoms with Crippen LogP contribution in [0, 0.1) is 0 Å². The van der Waals surface area contributed by atoms with E-state index in [-0.39, 0.29) is 22.7 Å². The second-order valence-corrected chi connectivity index (χ2v) is 14.2. The van der Waals surface area contributed by atoms with Crippen LogP contribution in [0.3, 0.4) is 0 Å². The van der Waals surface area contributed by atoms with Crippen molar-refractivity contribution in [3.63, 3.8) is 0 Å². The van der Waals surface area contributed by atoms with Crippen molar-refractivity contribution in [3.8, 4) is 0 Å². The maximum atomic E-state index is 12.0. The van der Waals surface area contributed by atoms with Crippen LogP contribution in [0.5, 0.6) is 0 Å². The maximum Gasteiger partial charge on any atom is 0.317 e. The molecule has 3 rings (SSSR count). The summed E-state index contributed by atoms with van der Waals surface area (Å²) in [6, 6.07) is 1.65. The number of aliphatic hydroxyl groups excluding tert-OH is 1. The van der Waals surface area contributed by atoms with Crippen molar-refractivity contribution in [2.45, 2.75) is 63.4 Å². The summed E-state index contributed by atoms with van der Waals surface area (Å²) in [5.74, 6) is 0. The molecule has 2 aromatic rings. The number of pyridine rings is 1. The first-order chi connectivity index (χ1) is 13.5. The van der Waals surface area contributed by atoms with Crippen LogP contribution in [0.15, 0.2) is 23.4 Å². The van der Waals surface area contributed by atoms with Crippen LogP contribution >= 0.6 is 8.25 Å². The van der Waals surface area contributed by atoms with Gasteiger partial charge in [-0.05, 0) is 24.2 Å². The number of aromatic amines is 1. The molecule has 1 aliphatic heterocycles. The molecule has 0 amide bonds. The van der Waals surface area contributed by atoms with Crippen LogP contribution in [0.4, 0.5) is 0 Å². The van der Waals surface area contributed by atoms with Crippen LogP contribution in [0.2, 0.25) is 18.1 Å². The average molecular weight is 445 g/mol. The Bertz CT molecular complexity index is 954. The molecular formula is C17H28N3O7PSi. The molecule has 29 heavy (non-hydrogen) atoms. The van der Waals surface area contributed by atoms with Gasteiger partial charge in [0.05, 0.1) is 18.5 Å². The van der Waals surface area contributed by atoms with Gasteiger partial charge in [0, 0.05) is 6.20 Å². The van der Waals surface area contributed by atoms with E-state index in [9.17, 15) is 19.4 Å². The summed E-state index contributed by atoms with van der Waals surface area (Å²) in [6.45, 7) is 9.94. The number of nitrogens with one attached hydrogen (secondary N) is 1. The number of aliphatic hydroxyl groups is 1. The number of H-pyrrole nitrogens is 1. The van der Waals surface area contributed by atoms with Gasteiger partial charge in [-0.1, -0.05) is 20.8 Å². The summed E-state index contributed by atoms with van der Waals surface area (Å²) in [7, 11) is -5.65. The van der Waals surface area contributed by atoms with E-state index < -0.39 is 41.1 Å². The fraction of sp³-hybridized carbons (Fsp3) is 0.647. The molecule has 3 heterocycles. The highest BCUT2D eigenvalue weighted by Crippen LogP contribution is 2.44. The Morgan fingerprint density at radius 2 is 2.07 bits per heavy atom. The van der Waals surface area contributed by atoms with Gasteiger partial charge in [-0.15, -0.1) is 0 Å². The Labute approximate surface area is 169 Å².